The summed E-state index contributed by atoms with van der Waals surface area (Å²) in [6.45, 7) is 1.12. The molecule has 0 radical (unpaired) electrons. The van der Waals surface area contributed by atoms with Gasteiger partial charge in [0.05, 0.1) is 5.56 Å². The lowest BCUT2D eigenvalue weighted by atomic mass is 10.1. The van der Waals surface area contributed by atoms with Crippen molar-refractivity contribution in [2.45, 2.75) is 19.3 Å². The first-order valence-electron chi connectivity index (χ1n) is 9.86. The zero-order valence-electron chi connectivity index (χ0n) is 16.5. The number of hydrogen-bond donors (Lipinski definition) is 2. The first-order valence-corrected chi connectivity index (χ1v) is 9.86. The van der Waals surface area contributed by atoms with Gasteiger partial charge in [0.1, 0.15) is 12.4 Å². The highest BCUT2D eigenvalue weighted by atomic mass is 19.1. The fourth-order valence-corrected chi connectivity index (χ4v) is 3.19. The molecule has 1 aliphatic rings. The van der Waals surface area contributed by atoms with Crippen LogP contribution in [0.15, 0.2) is 48.5 Å². The molecule has 0 spiro atoms. The topological polar surface area (TPSA) is 87.7 Å². The number of ether oxygens (including phenoxy) is 1. The molecule has 0 saturated carbocycles. The fourth-order valence-electron chi connectivity index (χ4n) is 3.19. The first kappa shape index (κ1) is 21.3. The molecule has 2 N–H and O–H groups in total. The number of rotatable bonds is 7. The molecule has 7 nitrogen and oxygen atoms in total. The van der Waals surface area contributed by atoms with Crippen LogP contribution in [0.25, 0.3) is 0 Å². The highest BCUT2D eigenvalue weighted by Crippen LogP contribution is 2.21. The van der Waals surface area contributed by atoms with E-state index in [0.29, 0.717) is 5.69 Å². The number of nitrogens with one attached hydrogen (secondary N) is 2. The molecule has 1 aliphatic heterocycles. The largest absolute Gasteiger partial charge is 0.454 e. The quantitative estimate of drug-likeness (QED) is 0.682. The van der Waals surface area contributed by atoms with E-state index in [-0.39, 0.29) is 5.56 Å². The van der Waals surface area contributed by atoms with Gasteiger partial charge in [-0.1, -0.05) is 12.1 Å². The Bertz CT molecular complexity index is 896. The van der Waals surface area contributed by atoms with Crippen LogP contribution in [-0.2, 0) is 14.3 Å². The third-order valence-electron chi connectivity index (χ3n) is 4.75. The van der Waals surface area contributed by atoms with Gasteiger partial charge in [-0.05, 0) is 55.7 Å². The molecule has 3 rings (SSSR count). The third-order valence-corrected chi connectivity index (χ3v) is 4.75. The molecule has 8 heteroatoms. The maximum atomic E-state index is 13.5. The van der Waals surface area contributed by atoms with Crippen molar-refractivity contribution in [2.24, 2.45) is 0 Å². The molecular formula is C22H24FN3O4. The van der Waals surface area contributed by atoms with Crippen molar-refractivity contribution in [3.05, 3.63) is 59.9 Å². The summed E-state index contributed by atoms with van der Waals surface area (Å²) in [5, 5.41) is 4.91. The van der Waals surface area contributed by atoms with Crippen LogP contribution in [-0.4, -0.2) is 44.0 Å². The lowest BCUT2D eigenvalue weighted by Crippen LogP contribution is -2.32. The van der Waals surface area contributed by atoms with Gasteiger partial charge in [0, 0.05) is 24.5 Å². The Balaban J connectivity index is 1.39. The van der Waals surface area contributed by atoms with Gasteiger partial charge in [-0.15, -0.1) is 0 Å². The lowest BCUT2D eigenvalue weighted by molar-refractivity contribution is -0.146. The van der Waals surface area contributed by atoms with Crippen molar-refractivity contribution < 1.29 is 23.5 Å². The van der Waals surface area contributed by atoms with Crippen molar-refractivity contribution in [1.82, 2.24) is 5.32 Å². The van der Waals surface area contributed by atoms with E-state index in [1.54, 1.807) is 12.1 Å². The van der Waals surface area contributed by atoms with Crippen LogP contribution in [0.2, 0.25) is 0 Å². The minimum Gasteiger partial charge on any atom is -0.454 e. The van der Waals surface area contributed by atoms with E-state index in [1.807, 2.05) is 12.1 Å². The van der Waals surface area contributed by atoms with Crippen molar-refractivity contribution in [3.63, 3.8) is 0 Å². The predicted molar refractivity (Wildman–Crippen MR) is 111 cm³/mol. The summed E-state index contributed by atoms with van der Waals surface area (Å²) in [6, 6.07) is 12.9. The van der Waals surface area contributed by atoms with Gasteiger partial charge in [0.15, 0.2) is 6.61 Å². The number of amides is 2. The Hall–Kier alpha value is -3.42. The molecule has 30 heavy (non-hydrogen) atoms. The molecule has 2 aromatic carbocycles. The predicted octanol–water partition coefficient (Wildman–Crippen LogP) is 2.73. The number of halogens is 1. The second kappa shape index (κ2) is 10.4. The van der Waals surface area contributed by atoms with Crippen LogP contribution >= 0.6 is 0 Å². The molecule has 1 heterocycles. The van der Waals surface area contributed by atoms with Gasteiger partial charge in [0.2, 0.25) is 0 Å². The Morgan fingerprint density at radius 3 is 2.37 bits per heavy atom. The Morgan fingerprint density at radius 2 is 1.67 bits per heavy atom. The smallest absolute Gasteiger partial charge is 0.325 e. The van der Waals surface area contributed by atoms with Crippen LogP contribution in [0.1, 0.15) is 29.6 Å². The fraction of sp³-hybridized carbons (Fsp3) is 0.318. The summed E-state index contributed by atoms with van der Waals surface area (Å²) in [7, 11) is 0. The molecule has 0 aliphatic carbocycles. The van der Waals surface area contributed by atoms with Crippen molar-refractivity contribution in [3.8, 4) is 0 Å². The summed E-state index contributed by atoms with van der Waals surface area (Å²) < 4.78 is 18.4. The number of carbonyl (C=O) groups is 3. The van der Waals surface area contributed by atoms with Crippen LogP contribution in [0.5, 0.6) is 0 Å². The average molecular weight is 413 g/mol. The SMILES string of the molecule is O=C(COC(=O)CNC(=O)c1ccccc1F)Nc1ccc(N2CCCCC2)cc1. The number of hydrogen-bond acceptors (Lipinski definition) is 5. The summed E-state index contributed by atoms with van der Waals surface area (Å²) in [4.78, 5) is 37.9. The average Bonchev–Trinajstić information content (AvgIpc) is 2.77. The Morgan fingerprint density at radius 1 is 0.967 bits per heavy atom. The molecule has 158 valence electrons. The van der Waals surface area contributed by atoms with E-state index < -0.39 is 36.8 Å². The zero-order valence-corrected chi connectivity index (χ0v) is 16.5. The molecule has 1 saturated heterocycles. The van der Waals surface area contributed by atoms with E-state index in [1.165, 1.54) is 37.5 Å². The molecule has 2 amide bonds. The standard InChI is InChI=1S/C22H24FN3O4/c23-19-7-3-2-6-18(19)22(29)24-14-21(28)30-15-20(27)25-16-8-10-17(11-9-16)26-12-4-1-5-13-26/h2-3,6-11H,1,4-5,12-15H2,(H,24,29)(H,25,27). The molecule has 0 atom stereocenters. The number of anilines is 2. The van der Waals surface area contributed by atoms with Crippen molar-refractivity contribution in [1.29, 1.82) is 0 Å². The maximum absolute atomic E-state index is 13.5. The summed E-state index contributed by atoms with van der Waals surface area (Å²) in [6.07, 6.45) is 3.63. The second-order valence-corrected chi connectivity index (χ2v) is 6.97. The van der Waals surface area contributed by atoms with E-state index in [0.717, 1.165) is 24.8 Å². The molecule has 1 fully saturated rings. The minimum atomic E-state index is -0.796. The van der Waals surface area contributed by atoms with E-state index in [2.05, 4.69) is 15.5 Å². The number of carbonyl (C=O) groups excluding carboxylic acids is 3. The zero-order chi connectivity index (χ0) is 21.3. The maximum Gasteiger partial charge on any atom is 0.325 e. The molecule has 2 aromatic rings. The van der Waals surface area contributed by atoms with E-state index in [9.17, 15) is 18.8 Å². The molecule has 0 aromatic heterocycles. The summed E-state index contributed by atoms with van der Waals surface area (Å²) in [5.41, 5.74) is 1.55. The lowest BCUT2D eigenvalue weighted by Gasteiger charge is -2.28. The van der Waals surface area contributed by atoms with Crippen LogP contribution < -0.4 is 15.5 Å². The van der Waals surface area contributed by atoms with Crippen molar-refractivity contribution in [2.75, 3.05) is 36.5 Å². The van der Waals surface area contributed by atoms with Crippen molar-refractivity contribution >= 4 is 29.2 Å². The van der Waals surface area contributed by atoms with E-state index >= 15 is 0 Å². The van der Waals surface area contributed by atoms with Gasteiger partial charge in [0.25, 0.3) is 11.8 Å². The van der Waals surface area contributed by atoms with Gasteiger partial charge in [-0.2, -0.15) is 0 Å². The van der Waals surface area contributed by atoms with Gasteiger partial charge in [-0.25, -0.2) is 4.39 Å². The number of esters is 1. The Kier molecular flexibility index (Phi) is 7.37. The van der Waals surface area contributed by atoms with Gasteiger partial charge < -0.3 is 20.3 Å². The number of piperidine rings is 1. The van der Waals surface area contributed by atoms with Gasteiger partial charge >= 0.3 is 5.97 Å². The van der Waals surface area contributed by atoms with Crippen LogP contribution in [0.4, 0.5) is 15.8 Å². The Labute approximate surface area is 174 Å². The number of benzene rings is 2. The van der Waals surface area contributed by atoms with E-state index in [4.69, 9.17) is 4.74 Å². The highest BCUT2D eigenvalue weighted by molar-refractivity contribution is 5.96. The molecule has 0 unspecified atom stereocenters. The van der Waals surface area contributed by atoms with Gasteiger partial charge in [-0.3, -0.25) is 14.4 Å². The molecular weight excluding hydrogens is 389 g/mol. The highest BCUT2D eigenvalue weighted by Gasteiger charge is 2.14. The number of nitrogens with zero attached hydrogens (tertiary/aromatic N) is 1. The molecule has 0 bridgehead atoms. The normalized spacial score (nSPS) is 13.4. The summed E-state index contributed by atoms with van der Waals surface area (Å²) in [5.74, 6) is -2.71. The first-order chi connectivity index (χ1) is 14.5. The second-order valence-electron chi connectivity index (χ2n) is 6.97. The summed E-state index contributed by atoms with van der Waals surface area (Å²) >= 11 is 0. The van der Waals surface area contributed by atoms with Crippen LogP contribution in [0.3, 0.4) is 0 Å². The third kappa shape index (κ3) is 6.04. The minimum absolute atomic E-state index is 0.170. The monoisotopic (exact) mass is 413 g/mol. The van der Waals surface area contributed by atoms with Crippen LogP contribution in [0, 0.1) is 5.82 Å².